The van der Waals surface area contributed by atoms with E-state index in [9.17, 15) is 9.59 Å². The number of aryl methyl sites for hydroxylation is 1. The van der Waals surface area contributed by atoms with Crippen LogP contribution >= 0.6 is 12.4 Å². The molecule has 0 radical (unpaired) electrons. The number of carboxylic acid groups (broad SMARTS) is 1. The maximum absolute atomic E-state index is 12.5. The number of ether oxygens (including phenoxy) is 1. The number of halogens is 1. The number of carbonyl (C=O) groups excluding carboxylic acids is 1. The zero-order chi connectivity index (χ0) is 23.3. The molecule has 33 heavy (non-hydrogen) atoms. The Morgan fingerprint density at radius 1 is 1.09 bits per heavy atom. The fraction of sp³-hybridized carbons (Fsp3) is 0.480. The van der Waals surface area contributed by atoms with Gasteiger partial charge in [-0.05, 0) is 49.1 Å². The number of hydrogen-bond donors (Lipinski definition) is 2. The molecular formula is C25H36ClN3O4. The van der Waals surface area contributed by atoms with E-state index in [2.05, 4.69) is 19.2 Å². The number of amides is 2. The van der Waals surface area contributed by atoms with Gasteiger partial charge in [0.25, 0.3) is 0 Å². The van der Waals surface area contributed by atoms with Crippen LogP contribution in [0.2, 0.25) is 0 Å². The summed E-state index contributed by atoms with van der Waals surface area (Å²) >= 11 is 0. The first-order valence-corrected chi connectivity index (χ1v) is 11.4. The highest BCUT2D eigenvalue weighted by atomic mass is 35.5. The molecule has 1 heterocycles. The molecule has 2 rings (SSSR count). The zero-order valence-electron chi connectivity index (χ0n) is 19.8. The number of urea groups is 1. The number of aliphatic carboxylic acids is 1. The van der Waals surface area contributed by atoms with Crippen molar-refractivity contribution < 1.29 is 19.4 Å². The maximum Gasteiger partial charge on any atom is 0.322 e. The number of carbonyl (C=O) groups is 2. The van der Waals surface area contributed by atoms with E-state index >= 15 is 0 Å². The minimum Gasteiger partial charge on any atom is -0.493 e. The molecule has 0 atom stereocenters. The Morgan fingerprint density at radius 3 is 2.55 bits per heavy atom. The normalized spacial score (nSPS) is 10.3. The lowest BCUT2D eigenvalue weighted by atomic mass is 10.0. The van der Waals surface area contributed by atoms with E-state index in [0.29, 0.717) is 36.8 Å². The number of hydrogen-bond acceptors (Lipinski definition) is 4. The third kappa shape index (κ3) is 9.30. The second-order valence-electron chi connectivity index (χ2n) is 7.81. The highest BCUT2D eigenvalue weighted by Gasteiger charge is 2.15. The number of carboxylic acids is 1. The summed E-state index contributed by atoms with van der Waals surface area (Å²) in [4.78, 5) is 29.6. The first-order valence-electron chi connectivity index (χ1n) is 11.4. The molecule has 0 fully saturated rings. The number of pyridine rings is 1. The first-order chi connectivity index (χ1) is 15.5. The quantitative estimate of drug-likeness (QED) is 0.361. The van der Waals surface area contributed by atoms with Crippen molar-refractivity contribution in [3.05, 3.63) is 42.0 Å². The van der Waals surface area contributed by atoms with Crippen LogP contribution in [0.3, 0.4) is 0 Å². The second kappa shape index (κ2) is 15.1. The number of nitrogens with one attached hydrogen (secondary N) is 1. The van der Waals surface area contributed by atoms with Crippen molar-refractivity contribution in [2.75, 3.05) is 25.1 Å². The molecule has 2 amide bonds. The molecule has 8 heteroatoms. The van der Waals surface area contributed by atoms with Gasteiger partial charge in [0, 0.05) is 25.6 Å². The molecule has 0 aliphatic rings. The lowest BCUT2D eigenvalue weighted by Gasteiger charge is -2.18. The third-order valence-corrected chi connectivity index (χ3v) is 5.14. The molecule has 0 bridgehead atoms. The van der Waals surface area contributed by atoms with Crippen molar-refractivity contribution in [2.24, 2.45) is 0 Å². The van der Waals surface area contributed by atoms with Gasteiger partial charge in [-0.1, -0.05) is 45.2 Å². The summed E-state index contributed by atoms with van der Waals surface area (Å²) in [6.07, 6.45) is 5.59. The Balaban J connectivity index is 0.00000544. The van der Waals surface area contributed by atoms with E-state index in [-0.39, 0.29) is 24.9 Å². The van der Waals surface area contributed by atoms with Crippen molar-refractivity contribution in [2.45, 2.75) is 58.8 Å². The van der Waals surface area contributed by atoms with E-state index in [1.165, 1.54) is 4.90 Å². The highest BCUT2D eigenvalue weighted by molar-refractivity contribution is 5.90. The number of nitrogens with zero attached hydrogens (tertiary/aromatic N) is 2. The number of anilines is 1. The van der Waals surface area contributed by atoms with Gasteiger partial charge < -0.3 is 15.2 Å². The first kappa shape index (κ1) is 28.2. The number of unbranched alkanes of at least 4 members (excludes halogenated alkanes) is 3. The Hall–Kier alpha value is -2.80. The molecule has 2 aromatic rings. The standard InChI is InChI=1S/C25H35N3O4.ClH/c1-4-6-8-16-26-25(31)28(3)23-11-9-10-21(27-23)20-14-12-19(13-15-24(29)30)18-22(20)32-17-7-5-2;/h9-12,14,18H,4-8,13,15-17H2,1-3H3,(H,26,31)(H,29,30);1H. The Morgan fingerprint density at radius 2 is 1.85 bits per heavy atom. The minimum atomic E-state index is -0.826. The molecule has 2 N–H and O–H groups in total. The number of benzene rings is 1. The van der Waals surface area contributed by atoms with Gasteiger partial charge in [0.15, 0.2) is 0 Å². The predicted octanol–water partition coefficient (Wildman–Crippen LogP) is 5.70. The maximum atomic E-state index is 12.5. The molecule has 182 valence electrons. The van der Waals surface area contributed by atoms with Crippen LogP contribution < -0.4 is 15.0 Å². The van der Waals surface area contributed by atoms with Crippen molar-refractivity contribution >= 4 is 30.2 Å². The van der Waals surface area contributed by atoms with Crippen LogP contribution in [-0.4, -0.2) is 42.3 Å². The predicted molar refractivity (Wildman–Crippen MR) is 135 cm³/mol. The van der Waals surface area contributed by atoms with Crippen LogP contribution in [0.4, 0.5) is 10.6 Å². The fourth-order valence-electron chi connectivity index (χ4n) is 3.18. The topological polar surface area (TPSA) is 91.8 Å². The van der Waals surface area contributed by atoms with E-state index in [4.69, 9.17) is 14.8 Å². The average molecular weight is 478 g/mol. The summed E-state index contributed by atoms with van der Waals surface area (Å²) in [6, 6.07) is 11.1. The summed E-state index contributed by atoms with van der Waals surface area (Å²) < 4.78 is 6.02. The highest BCUT2D eigenvalue weighted by Crippen LogP contribution is 2.31. The van der Waals surface area contributed by atoms with Gasteiger partial charge in [-0.15, -0.1) is 12.4 Å². The molecule has 7 nitrogen and oxygen atoms in total. The number of rotatable bonds is 13. The lowest BCUT2D eigenvalue weighted by molar-refractivity contribution is -0.136. The molecule has 0 unspecified atom stereocenters. The van der Waals surface area contributed by atoms with E-state index in [1.54, 1.807) is 13.1 Å². The fourth-order valence-corrected chi connectivity index (χ4v) is 3.18. The molecule has 1 aromatic carbocycles. The Kier molecular flexibility index (Phi) is 12.9. The third-order valence-electron chi connectivity index (χ3n) is 5.14. The van der Waals surface area contributed by atoms with Gasteiger partial charge in [0.05, 0.1) is 12.3 Å². The van der Waals surface area contributed by atoms with Crippen molar-refractivity contribution in [3.63, 3.8) is 0 Å². The van der Waals surface area contributed by atoms with Crippen LogP contribution in [0.1, 0.15) is 57.9 Å². The average Bonchev–Trinajstić information content (AvgIpc) is 2.80. The molecule has 0 saturated carbocycles. The second-order valence-corrected chi connectivity index (χ2v) is 7.81. The minimum absolute atomic E-state index is 0. The van der Waals surface area contributed by atoms with E-state index < -0.39 is 5.97 Å². The van der Waals surface area contributed by atoms with Gasteiger partial charge in [0.1, 0.15) is 11.6 Å². The molecular weight excluding hydrogens is 442 g/mol. The van der Waals surface area contributed by atoms with Gasteiger partial charge in [-0.2, -0.15) is 0 Å². The van der Waals surface area contributed by atoms with Gasteiger partial charge in [-0.3, -0.25) is 9.69 Å². The lowest BCUT2D eigenvalue weighted by Crippen LogP contribution is -2.38. The van der Waals surface area contributed by atoms with Gasteiger partial charge in [-0.25, -0.2) is 9.78 Å². The van der Waals surface area contributed by atoms with Crippen molar-refractivity contribution in [1.82, 2.24) is 10.3 Å². The van der Waals surface area contributed by atoms with Gasteiger partial charge >= 0.3 is 12.0 Å². The SMILES string of the molecule is CCCCCNC(=O)N(C)c1cccc(-c2ccc(CCC(=O)O)cc2OCCCC)n1.Cl. The van der Waals surface area contributed by atoms with Crippen LogP contribution in [0.15, 0.2) is 36.4 Å². The Labute approximate surface area is 203 Å². The number of aromatic nitrogens is 1. The zero-order valence-corrected chi connectivity index (χ0v) is 20.6. The van der Waals surface area contributed by atoms with E-state index in [1.807, 2.05) is 30.3 Å². The monoisotopic (exact) mass is 477 g/mol. The molecule has 1 aromatic heterocycles. The summed E-state index contributed by atoms with van der Waals surface area (Å²) in [5.74, 6) is 0.399. The van der Waals surface area contributed by atoms with Crippen LogP contribution in [0.5, 0.6) is 5.75 Å². The molecule has 0 aliphatic heterocycles. The van der Waals surface area contributed by atoms with Crippen LogP contribution in [-0.2, 0) is 11.2 Å². The van der Waals surface area contributed by atoms with Crippen LogP contribution in [0, 0.1) is 0 Å². The summed E-state index contributed by atoms with van der Waals surface area (Å²) in [5, 5.41) is 11.9. The summed E-state index contributed by atoms with van der Waals surface area (Å²) in [7, 11) is 1.70. The van der Waals surface area contributed by atoms with E-state index in [0.717, 1.165) is 43.2 Å². The molecule has 0 aliphatic carbocycles. The Bertz CT molecular complexity index is 892. The van der Waals surface area contributed by atoms with Gasteiger partial charge in [0.2, 0.25) is 0 Å². The summed E-state index contributed by atoms with van der Waals surface area (Å²) in [5.41, 5.74) is 2.42. The van der Waals surface area contributed by atoms with Crippen LogP contribution in [0.25, 0.3) is 11.3 Å². The smallest absolute Gasteiger partial charge is 0.322 e. The molecule has 0 saturated heterocycles. The van der Waals surface area contributed by atoms with Crippen molar-refractivity contribution in [1.29, 1.82) is 0 Å². The summed E-state index contributed by atoms with van der Waals surface area (Å²) in [6.45, 7) is 5.44. The molecule has 0 spiro atoms. The van der Waals surface area contributed by atoms with Crippen molar-refractivity contribution in [3.8, 4) is 17.0 Å². The largest absolute Gasteiger partial charge is 0.493 e.